The molecule has 0 bridgehead atoms. The average molecular weight is 278 g/mol. The van der Waals surface area contributed by atoms with Gasteiger partial charge in [0.2, 0.25) is 0 Å². The number of ether oxygens (including phenoxy) is 1. The highest BCUT2D eigenvalue weighted by molar-refractivity contribution is 5.57. The normalized spacial score (nSPS) is 19.7. The highest BCUT2D eigenvalue weighted by Gasteiger charge is 2.39. The molecule has 0 aliphatic heterocycles. The van der Waals surface area contributed by atoms with E-state index in [1.54, 1.807) is 7.11 Å². The standard InChI is InChI=1S/C18H18N2O/c1-13-4-3-5-15(10-13)20-18(12-19)9-8-14-6-7-16(21-2)11-17(14)18/h3-7,10-11,20H,8-9H2,1-2H3. The van der Waals surface area contributed by atoms with Crippen LogP contribution in [0.5, 0.6) is 5.75 Å². The summed E-state index contributed by atoms with van der Waals surface area (Å²) >= 11 is 0. The molecule has 0 heterocycles. The predicted octanol–water partition coefficient (Wildman–Crippen LogP) is 3.78. The summed E-state index contributed by atoms with van der Waals surface area (Å²) in [5.41, 5.74) is 3.74. The lowest BCUT2D eigenvalue weighted by Crippen LogP contribution is -2.31. The molecular formula is C18H18N2O. The molecule has 2 aromatic carbocycles. The molecule has 0 radical (unpaired) electrons. The third kappa shape index (κ3) is 2.34. The maximum absolute atomic E-state index is 9.80. The van der Waals surface area contributed by atoms with Crippen LogP contribution in [0.2, 0.25) is 0 Å². The van der Waals surface area contributed by atoms with Crippen LogP contribution >= 0.6 is 0 Å². The minimum Gasteiger partial charge on any atom is -0.497 e. The lowest BCUT2D eigenvalue weighted by atomic mass is 9.92. The first-order valence-corrected chi connectivity index (χ1v) is 7.10. The number of aryl methyl sites for hydroxylation is 2. The van der Waals surface area contributed by atoms with Gasteiger partial charge in [-0.1, -0.05) is 18.2 Å². The quantitative estimate of drug-likeness (QED) is 0.929. The molecule has 0 saturated carbocycles. The van der Waals surface area contributed by atoms with Crippen LogP contribution in [0.4, 0.5) is 5.69 Å². The minimum absolute atomic E-state index is 0.669. The zero-order valence-electron chi connectivity index (χ0n) is 12.3. The first-order valence-electron chi connectivity index (χ1n) is 7.10. The monoisotopic (exact) mass is 278 g/mol. The van der Waals surface area contributed by atoms with E-state index in [9.17, 15) is 5.26 Å². The van der Waals surface area contributed by atoms with E-state index in [4.69, 9.17) is 4.74 Å². The van der Waals surface area contributed by atoms with Crippen molar-refractivity contribution in [2.75, 3.05) is 12.4 Å². The van der Waals surface area contributed by atoms with Crippen LogP contribution in [0.3, 0.4) is 0 Å². The highest BCUT2D eigenvalue weighted by Crippen LogP contribution is 2.40. The summed E-state index contributed by atoms with van der Waals surface area (Å²) in [6.45, 7) is 2.05. The molecule has 3 rings (SSSR count). The Labute approximate surface area is 125 Å². The van der Waals surface area contributed by atoms with Gasteiger partial charge in [0.05, 0.1) is 13.2 Å². The van der Waals surface area contributed by atoms with Crippen molar-refractivity contribution in [3.8, 4) is 11.8 Å². The van der Waals surface area contributed by atoms with Gasteiger partial charge in [-0.3, -0.25) is 0 Å². The van der Waals surface area contributed by atoms with Crippen molar-refractivity contribution >= 4 is 5.69 Å². The van der Waals surface area contributed by atoms with Crippen LogP contribution in [0.25, 0.3) is 0 Å². The molecule has 1 N–H and O–H groups in total. The molecule has 0 spiro atoms. The van der Waals surface area contributed by atoms with Gasteiger partial charge in [-0.15, -0.1) is 0 Å². The fourth-order valence-corrected chi connectivity index (χ4v) is 3.00. The van der Waals surface area contributed by atoms with Crippen molar-refractivity contribution in [1.29, 1.82) is 5.26 Å². The van der Waals surface area contributed by atoms with E-state index >= 15 is 0 Å². The van der Waals surface area contributed by atoms with E-state index in [0.29, 0.717) is 0 Å². The Morgan fingerprint density at radius 2 is 2.10 bits per heavy atom. The van der Waals surface area contributed by atoms with E-state index in [1.165, 1.54) is 11.1 Å². The van der Waals surface area contributed by atoms with Crippen molar-refractivity contribution in [1.82, 2.24) is 0 Å². The lowest BCUT2D eigenvalue weighted by Gasteiger charge is -2.25. The molecule has 0 saturated heterocycles. The van der Waals surface area contributed by atoms with Gasteiger partial charge in [0.15, 0.2) is 5.54 Å². The van der Waals surface area contributed by atoms with Crippen LogP contribution in [0, 0.1) is 18.3 Å². The van der Waals surface area contributed by atoms with Crippen molar-refractivity contribution in [2.45, 2.75) is 25.3 Å². The number of methoxy groups -OCH3 is 1. The van der Waals surface area contributed by atoms with Crippen molar-refractivity contribution in [2.24, 2.45) is 0 Å². The molecule has 3 nitrogen and oxygen atoms in total. The van der Waals surface area contributed by atoms with E-state index in [2.05, 4.69) is 36.5 Å². The molecule has 0 aromatic heterocycles. The molecule has 106 valence electrons. The third-order valence-corrected chi connectivity index (χ3v) is 4.11. The van der Waals surface area contributed by atoms with Gasteiger partial charge in [0.1, 0.15) is 5.75 Å². The van der Waals surface area contributed by atoms with Gasteiger partial charge in [-0.25, -0.2) is 0 Å². The van der Waals surface area contributed by atoms with Gasteiger partial charge in [0, 0.05) is 5.69 Å². The number of nitrogens with one attached hydrogen (secondary N) is 1. The Kier molecular flexibility index (Phi) is 3.31. The van der Waals surface area contributed by atoms with Crippen LogP contribution in [-0.4, -0.2) is 7.11 Å². The molecule has 3 heteroatoms. The Hall–Kier alpha value is -2.47. The largest absolute Gasteiger partial charge is 0.497 e. The number of benzene rings is 2. The number of anilines is 1. The number of rotatable bonds is 3. The molecule has 0 amide bonds. The fraction of sp³-hybridized carbons (Fsp3) is 0.278. The maximum Gasteiger partial charge on any atom is 0.151 e. The number of nitriles is 1. The Balaban J connectivity index is 2.02. The number of fused-ring (bicyclic) bond motifs is 1. The van der Waals surface area contributed by atoms with Crippen LogP contribution in [0.15, 0.2) is 42.5 Å². The third-order valence-electron chi connectivity index (χ3n) is 4.11. The summed E-state index contributed by atoms with van der Waals surface area (Å²) in [5.74, 6) is 0.793. The number of hydrogen-bond donors (Lipinski definition) is 1. The first kappa shape index (κ1) is 13.5. The van der Waals surface area contributed by atoms with Gasteiger partial charge < -0.3 is 10.1 Å². The summed E-state index contributed by atoms with van der Waals surface area (Å²) in [7, 11) is 1.65. The fourth-order valence-electron chi connectivity index (χ4n) is 3.00. The first-order chi connectivity index (χ1) is 10.2. The molecule has 21 heavy (non-hydrogen) atoms. The molecular weight excluding hydrogens is 260 g/mol. The highest BCUT2D eigenvalue weighted by atomic mass is 16.5. The van der Waals surface area contributed by atoms with Crippen molar-refractivity contribution < 1.29 is 4.74 Å². The average Bonchev–Trinajstić information content (AvgIpc) is 2.86. The zero-order valence-corrected chi connectivity index (χ0v) is 12.3. The topological polar surface area (TPSA) is 45.0 Å². The van der Waals surface area contributed by atoms with E-state index in [1.807, 2.05) is 24.3 Å². The summed E-state index contributed by atoms with van der Waals surface area (Å²) in [5, 5.41) is 13.2. The molecule has 2 aromatic rings. The smallest absolute Gasteiger partial charge is 0.151 e. The lowest BCUT2D eigenvalue weighted by molar-refractivity contribution is 0.413. The summed E-state index contributed by atoms with van der Waals surface area (Å²) in [4.78, 5) is 0. The second kappa shape index (κ2) is 5.14. The van der Waals surface area contributed by atoms with E-state index in [0.717, 1.165) is 29.8 Å². The molecule has 1 aliphatic carbocycles. The Morgan fingerprint density at radius 1 is 1.24 bits per heavy atom. The Bertz CT molecular complexity index is 717. The predicted molar refractivity (Wildman–Crippen MR) is 83.4 cm³/mol. The Morgan fingerprint density at radius 3 is 2.81 bits per heavy atom. The minimum atomic E-state index is -0.669. The molecule has 1 unspecified atom stereocenters. The van der Waals surface area contributed by atoms with Crippen LogP contribution in [-0.2, 0) is 12.0 Å². The zero-order chi connectivity index (χ0) is 14.9. The van der Waals surface area contributed by atoms with Gasteiger partial charge in [-0.2, -0.15) is 5.26 Å². The molecule has 1 atom stereocenters. The van der Waals surface area contributed by atoms with E-state index < -0.39 is 5.54 Å². The second-order valence-electron chi connectivity index (χ2n) is 5.53. The molecule has 0 fully saturated rings. The van der Waals surface area contributed by atoms with Gasteiger partial charge >= 0.3 is 0 Å². The second-order valence-corrected chi connectivity index (χ2v) is 5.53. The van der Waals surface area contributed by atoms with Crippen LogP contribution < -0.4 is 10.1 Å². The number of hydrogen-bond acceptors (Lipinski definition) is 3. The van der Waals surface area contributed by atoms with Gasteiger partial charge in [-0.05, 0) is 60.7 Å². The van der Waals surface area contributed by atoms with Gasteiger partial charge in [0.25, 0.3) is 0 Å². The van der Waals surface area contributed by atoms with Crippen molar-refractivity contribution in [3.63, 3.8) is 0 Å². The van der Waals surface area contributed by atoms with Crippen LogP contribution in [0.1, 0.15) is 23.1 Å². The molecule has 1 aliphatic rings. The van der Waals surface area contributed by atoms with Crippen molar-refractivity contribution in [3.05, 3.63) is 59.2 Å². The summed E-state index contributed by atoms with van der Waals surface area (Å²) in [6, 6.07) is 16.6. The summed E-state index contributed by atoms with van der Waals surface area (Å²) < 4.78 is 5.31. The number of nitrogens with zero attached hydrogens (tertiary/aromatic N) is 1. The SMILES string of the molecule is COc1ccc2c(c1)C(C#N)(Nc1cccc(C)c1)CC2. The van der Waals surface area contributed by atoms with E-state index in [-0.39, 0.29) is 0 Å². The maximum atomic E-state index is 9.80. The summed E-state index contributed by atoms with van der Waals surface area (Å²) in [6.07, 6.45) is 1.69.